The van der Waals surface area contributed by atoms with Gasteiger partial charge in [-0.3, -0.25) is 4.98 Å². The number of piperidine rings is 1. The molecule has 3 heteroatoms. The molecule has 1 aromatic carbocycles. The van der Waals surface area contributed by atoms with Crippen molar-refractivity contribution in [1.29, 1.82) is 0 Å². The molecule has 0 amide bonds. The van der Waals surface area contributed by atoms with E-state index in [-0.39, 0.29) is 0 Å². The van der Waals surface area contributed by atoms with Crippen LogP contribution in [0.3, 0.4) is 0 Å². The van der Waals surface area contributed by atoms with E-state index < -0.39 is 5.60 Å². The van der Waals surface area contributed by atoms with Crippen molar-refractivity contribution in [3.63, 3.8) is 0 Å². The summed E-state index contributed by atoms with van der Waals surface area (Å²) in [5.74, 6) is 0. The second kappa shape index (κ2) is 4.02. The van der Waals surface area contributed by atoms with E-state index in [4.69, 9.17) is 0 Å². The Morgan fingerprint density at radius 2 is 1.89 bits per heavy atom. The standard InChI is InChI=1S/C16H18N2O/c19-16(8-14-3-4-15(9-16)18-14)13-2-1-12-10-17-6-5-11(12)7-13/h1-2,5-7,10,14-15,18-19H,3-4,8-9H2. The largest absolute Gasteiger partial charge is 0.385 e. The van der Waals surface area contributed by atoms with Crippen molar-refractivity contribution in [3.05, 3.63) is 42.2 Å². The van der Waals surface area contributed by atoms with Gasteiger partial charge in [0.1, 0.15) is 0 Å². The molecule has 98 valence electrons. The summed E-state index contributed by atoms with van der Waals surface area (Å²) in [5.41, 5.74) is 0.402. The van der Waals surface area contributed by atoms with Crippen LogP contribution >= 0.6 is 0 Å². The van der Waals surface area contributed by atoms with Crippen molar-refractivity contribution in [3.8, 4) is 0 Å². The summed E-state index contributed by atoms with van der Waals surface area (Å²) in [6.45, 7) is 0. The van der Waals surface area contributed by atoms with Gasteiger partial charge in [0.15, 0.2) is 0 Å². The van der Waals surface area contributed by atoms with Gasteiger partial charge in [-0.2, -0.15) is 0 Å². The number of hydrogen-bond acceptors (Lipinski definition) is 3. The average Bonchev–Trinajstić information content (AvgIpc) is 2.78. The van der Waals surface area contributed by atoms with E-state index in [1.807, 2.05) is 18.5 Å². The van der Waals surface area contributed by atoms with Crippen LogP contribution in [0.4, 0.5) is 0 Å². The molecule has 2 bridgehead atoms. The molecule has 2 aromatic rings. The summed E-state index contributed by atoms with van der Waals surface area (Å²) in [6.07, 6.45) is 7.74. The maximum Gasteiger partial charge on any atom is 0.0926 e. The molecule has 0 saturated carbocycles. The molecule has 2 fully saturated rings. The van der Waals surface area contributed by atoms with Gasteiger partial charge in [-0.05, 0) is 48.8 Å². The third-order valence-corrected chi connectivity index (χ3v) is 4.68. The minimum atomic E-state index is -0.658. The number of fused-ring (bicyclic) bond motifs is 3. The van der Waals surface area contributed by atoms with Gasteiger partial charge in [0.25, 0.3) is 0 Å². The zero-order chi connectivity index (χ0) is 12.9. The van der Waals surface area contributed by atoms with Crippen LogP contribution in [0.5, 0.6) is 0 Å². The van der Waals surface area contributed by atoms with E-state index in [9.17, 15) is 5.11 Å². The number of hydrogen-bond donors (Lipinski definition) is 2. The molecule has 0 aliphatic carbocycles. The minimum absolute atomic E-state index is 0.483. The first-order chi connectivity index (χ1) is 9.23. The first kappa shape index (κ1) is 11.4. The molecule has 2 saturated heterocycles. The molecule has 2 aliphatic heterocycles. The number of nitrogens with zero attached hydrogens (tertiary/aromatic N) is 1. The normalized spacial score (nSPS) is 33.7. The first-order valence-corrected chi connectivity index (χ1v) is 7.06. The highest BCUT2D eigenvalue weighted by molar-refractivity contribution is 5.82. The molecule has 2 aliphatic rings. The van der Waals surface area contributed by atoms with Crippen molar-refractivity contribution < 1.29 is 5.11 Å². The van der Waals surface area contributed by atoms with Gasteiger partial charge in [0, 0.05) is 29.9 Å². The first-order valence-electron chi connectivity index (χ1n) is 7.06. The Morgan fingerprint density at radius 1 is 1.11 bits per heavy atom. The van der Waals surface area contributed by atoms with Gasteiger partial charge in [0.05, 0.1) is 5.60 Å². The monoisotopic (exact) mass is 254 g/mol. The van der Waals surface area contributed by atoms with E-state index in [0.29, 0.717) is 12.1 Å². The lowest BCUT2D eigenvalue weighted by molar-refractivity contribution is -0.0113. The lowest BCUT2D eigenvalue weighted by atomic mass is 9.81. The zero-order valence-electron chi connectivity index (χ0n) is 10.8. The molecule has 2 atom stereocenters. The number of nitrogens with one attached hydrogen (secondary N) is 1. The molecule has 3 nitrogen and oxygen atoms in total. The molecule has 2 unspecified atom stereocenters. The summed E-state index contributed by atoms with van der Waals surface area (Å²) < 4.78 is 0. The fraction of sp³-hybridized carbons (Fsp3) is 0.438. The van der Waals surface area contributed by atoms with Crippen LogP contribution in [0, 0.1) is 0 Å². The van der Waals surface area contributed by atoms with Gasteiger partial charge in [-0.25, -0.2) is 0 Å². The topological polar surface area (TPSA) is 45.2 Å². The van der Waals surface area contributed by atoms with Crippen LogP contribution in [0.15, 0.2) is 36.7 Å². The second-order valence-electron chi connectivity index (χ2n) is 6.02. The number of rotatable bonds is 1. The zero-order valence-corrected chi connectivity index (χ0v) is 10.8. The average molecular weight is 254 g/mol. The number of pyridine rings is 1. The Morgan fingerprint density at radius 3 is 2.68 bits per heavy atom. The third-order valence-electron chi connectivity index (χ3n) is 4.68. The number of aliphatic hydroxyl groups is 1. The van der Waals surface area contributed by atoms with Crippen LogP contribution in [0.25, 0.3) is 10.8 Å². The van der Waals surface area contributed by atoms with E-state index in [1.165, 1.54) is 12.8 Å². The summed E-state index contributed by atoms with van der Waals surface area (Å²) in [7, 11) is 0. The van der Waals surface area contributed by atoms with Gasteiger partial charge >= 0.3 is 0 Å². The lowest BCUT2D eigenvalue weighted by Gasteiger charge is -2.37. The third kappa shape index (κ3) is 1.85. The molecular weight excluding hydrogens is 236 g/mol. The van der Waals surface area contributed by atoms with Crippen LogP contribution in [0.2, 0.25) is 0 Å². The highest BCUT2D eigenvalue weighted by Crippen LogP contribution is 2.41. The van der Waals surface area contributed by atoms with E-state index in [1.54, 1.807) is 0 Å². The van der Waals surface area contributed by atoms with Crippen molar-refractivity contribution >= 4 is 10.8 Å². The van der Waals surface area contributed by atoms with Gasteiger partial charge in [0.2, 0.25) is 0 Å². The fourth-order valence-corrected chi connectivity index (χ4v) is 3.73. The second-order valence-corrected chi connectivity index (χ2v) is 6.02. The summed E-state index contributed by atoms with van der Waals surface area (Å²) in [5, 5.41) is 16.9. The maximum absolute atomic E-state index is 11.0. The van der Waals surface area contributed by atoms with E-state index >= 15 is 0 Å². The molecule has 0 radical (unpaired) electrons. The van der Waals surface area contributed by atoms with Crippen LogP contribution in [-0.4, -0.2) is 22.2 Å². The predicted molar refractivity (Wildman–Crippen MR) is 74.8 cm³/mol. The Hall–Kier alpha value is -1.45. The fourth-order valence-electron chi connectivity index (χ4n) is 3.73. The van der Waals surface area contributed by atoms with E-state index in [0.717, 1.165) is 29.2 Å². The Balaban J connectivity index is 1.76. The molecule has 4 rings (SSSR count). The molecule has 1 aromatic heterocycles. The van der Waals surface area contributed by atoms with Crippen molar-refractivity contribution in [2.45, 2.75) is 43.4 Å². The summed E-state index contributed by atoms with van der Waals surface area (Å²) in [6, 6.07) is 9.24. The highest BCUT2D eigenvalue weighted by Gasteiger charge is 2.43. The quantitative estimate of drug-likeness (QED) is 0.821. The Kier molecular flexibility index (Phi) is 2.41. The molecule has 0 spiro atoms. The molecule has 2 N–H and O–H groups in total. The minimum Gasteiger partial charge on any atom is -0.385 e. The van der Waals surface area contributed by atoms with Crippen LogP contribution in [0.1, 0.15) is 31.2 Å². The highest BCUT2D eigenvalue weighted by atomic mass is 16.3. The molecule has 19 heavy (non-hydrogen) atoms. The smallest absolute Gasteiger partial charge is 0.0926 e. The molecular formula is C16H18N2O. The summed E-state index contributed by atoms with van der Waals surface area (Å²) in [4.78, 5) is 4.13. The molecule has 3 heterocycles. The summed E-state index contributed by atoms with van der Waals surface area (Å²) >= 11 is 0. The van der Waals surface area contributed by atoms with Gasteiger partial charge in [-0.1, -0.05) is 12.1 Å². The van der Waals surface area contributed by atoms with Crippen molar-refractivity contribution in [2.75, 3.05) is 0 Å². The Labute approximate surface area is 112 Å². The SMILES string of the molecule is OC1(c2ccc3cnccc3c2)CC2CCC(C1)N2. The predicted octanol–water partition coefficient (Wildman–Crippen LogP) is 2.34. The number of aromatic nitrogens is 1. The number of benzene rings is 1. The van der Waals surface area contributed by atoms with E-state index in [2.05, 4.69) is 28.5 Å². The van der Waals surface area contributed by atoms with Crippen molar-refractivity contribution in [1.82, 2.24) is 10.3 Å². The van der Waals surface area contributed by atoms with Crippen LogP contribution < -0.4 is 5.32 Å². The van der Waals surface area contributed by atoms with Crippen molar-refractivity contribution in [2.24, 2.45) is 0 Å². The Bertz CT molecular complexity index is 613. The van der Waals surface area contributed by atoms with Crippen LogP contribution in [-0.2, 0) is 5.60 Å². The van der Waals surface area contributed by atoms with Gasteiger partial charge in [-0.15, -0.1) is 0 Å². The van der Waals surface area contributed by atoms with Gasteiger partial charge < -0.3 is 10.4 Å². The lowest BCUT2D eigenvalue weighted by Crippen LogP contribution is -2.46. The maximum atomic E-state index is 11.0.